The highest BCUT2D eigenvalue weighted by Crippen LogP contribution is 2.34. The predicted octanol–water partition coefficient (Wildman–Crippen LogP) is 4.52. The van der Waals surface area contributed by atoms with Crippen LogP contribution in [0.5, 0.6) is 5.75 Å². The smallest absolute Gasteiger partial charge is 0.266 e. The monoisotopic (exact) mass is 374 g/mol. The van der Waals surface area contributed by atoms with Crippen molar-refractivity contribution in [1.29, 1.82) is 0 Å². The van der Waals surface area contributed by atoms with Gasteiger partial charge < -0.3 is 4.74 Å². The number of amidine groups is 1. The first-order valence-corrected chi connectivity index (χ1v) is 8.56. The minimum Gasteiger partial charge on any atom is -0.496 e. The van der Waals surface area contributed by atoms with Gasteiger partial charge >= 0.3 is 0 Å². The zero-order valence-corrected chi connectivity index (χ0v) is 15.2. The molecule has 1 amide bonds. The van der Waals surface area contributed by atoms with Gasteiger partial charge in [0, 0.05) is 13.1 Å². The molecule has 0 aliphatic carbocycles. The molecule has 0 spiro atoms. The lowest BCUT2D eigenvalue weighted by molar-refractivity contribution is -0.121. The van der Waals surface area contributed by atoms with Crippen molar-refractivity contribution in [2.75, 3.05) is 14.2 Å². The van der Waals surface area contributed by atoms with Crippen LogP contribution in [-0.2, 0) is 4.79 Å². The number of likely N-dealkylation sites (N-methyl/N-ethyl adjacent to an activating group) is 1. The van der Waals surface area contributed by atoms with Gasteiger partial charge in [0.2, 0.25) is 0 Å². The van der Waals surface area contributed by atoms with E-state index in [0.717, 1.165) is 40.8 Å². The third-order valence-electron chi connectivity index (χ3n) is 3.86. The highest BCUT2D eigenvalue weighted by molar-refractivity contribution is 8.18. The van der Waals surface area contributed by atoms with E-state index in [1.165, 1.54) is 11.0 Å². The number of methoxy groups -OCH3 is 1. The molecule has 3 rings (SSSR count). The molecule has 1 heterocycles. The number of aliphatic imine (C=N–C) groups is 1. The van der Waals surface area contributed by atoms with E-state index in [1.807, 2.05) is 25.1 Å². The van der Waals surface area contributed by atoms with Crippen molar-refractivity contribution in [3.63, 3.8) is 0 Å². The molecule has 0 radical (unpaired) electrons. The van der Waals surface area contributed by atoms with Crippen LogP contribution in [0.2, 0.25) is 0 Å². The van der Waals surface area contributed by atoms with Crippen LogP contribution >= 0.6 is 11.8 Å². The van der Waals surface area contributed by atoms with Crippen LogP contribution in [0.4, 0.5) is 14.5 Å². The van der Waals surface area contributed by atoms with Crippen molar-refractivity contribution in [3.05, 3.63) is 64.1 Å². The zero-order valence-electron chi connectivity index (χ0n) is 14.4. The number of halogens is 2. The fraction of sp³-hybridized carbons (Fsp3) is 0.158. The fourth-order valence-electron chi connectivity index (χ4n) is 2.40. The van der Waals surface area contributed by atoms with Gasteiger partial charge in [-0.2, -0.15) is 0 Å². The first kappa shape index (κ1) is 18.1. The first-order valence-electron chi connectivity index (χ1n) is 7.75. The molecule has 0 N–H and O–H groups in total. The molecule has 2 aromatic rings. The summed E-state index contributed by atoms with van der Waals surface area (Å²) in [5, 5.41) is 0.325. The summed E-state index contributed by atoms with van der Waals surface area (Å²) in [6, 6.07) is 8.75. The Morgan fingerprint density at radius 2 is 1.96 bits per heavy atom. The summed E-state index contributed by atoms with van der Waals surface area (Å²) in [5.41, 5.74) is 1.78. The number of hydrogen-bond acceptors (Lipinski definition) is 4. The number of rotatable bonds is 3. The Labute approximate surface area is 154 Å². The summed E-state index contributed by atoms with van der Waals surface area (Å²) < 4.78 is 32.1. The highest BCUT2D eigenvalue weighted by atomic mass is 32.2. The second-order valence-electron chi connectivity index (χ2n) is 5.69. The Kier molecular flexibility index (Phi) is 5.08. The van der Waals surface area contributed by atoms with Gasteiger partial charge in [0.1, 0.15) is 17.3 Å². The molecule has 134 valence electrons. The number of amides is 1. The molecule has 2 aromatic carbocycles. The van der Waals surface area contributed by atoms with E-state index < -0.39 is 11.6 Å². The normalized spacial score (nSPS) is 17.4. The van der Waals surface area contributed by atoms with E-state index >= 15 is 0 Å². The van der Waals surface area contributed by atoms with E-state index in [1.54, 1.807) is 20.2 Å². The number of ether oxygens (including phenoxy) is 1. The van der Waals surface area contributed by atoms with Crippen LogP contribution in [0.15, 0.2) is 46.3 Å². The van der Waals surface area contributed by atoms with Crippen LogP contribution < -0.4 is 4.74 Å². The lowest BCUT2D eigenvalue weighted by atomic mass is 10.1. The summed E-state index contributed by atoms with van der Waals surface area (Å²) in [4.78, 5) is 18.4. The van der Waals surface area contributed by atoms with E-state index in [-0.39, 0.29) is 11.6 Å². The van der Waals surface area contributed by atoms with Crippen molar-refractivity contribution in [3.8, 4) is 5.75 Å². The molecule has 0 atom stereocenters. The second-order valence-corrected chi connectivity index (χ2v) is 6.70. The number of nitrogens with zero attached hydrogens (tertiary/aromatic N) is 2. The minimum absolute atomic E-state index is 0.0215. The van der Waals surface area contributed by atoms with Gasteiger partial charge in [0.05, 0.1) is 12.0 Å². The molecule has 1 aliphatic heterocycles. The molecule has 1 saturated heterocycles. The van der Waals surface area contributed by atoms with Gasteiger partial charge in [-0.15, -0.1) is 0 Å². The molecule has 26 heavy (non-hydrogen) atoms. The molecule has 0 unspecified atom stereocenters. The molecular weight excluding hydrogens is 358 g/mol. The summed E-state index contributed by atoms with van der Waals surface area (Å²) in [7, 11) is 3.15. The quantitative estimate of drug-likeness (QED) is 0.742. The number of benzene rings is 2. The maximum atomic E-state index is 13.8. The molecule has 0 saturated carbocycles. The Bertz CT molecular complexity index is 941. The Morgan fingerprint density at radius 3 is 2.65 bits per heavy atom. The predicted molar refractivity (Wildman–Crippen MR) is 99.5 cm³/mol. The molecular formula is C19H16F2N2O2S. The Hall–Kier alpha value is -2.67. The van der Waals surface area contributed by atoms with Crippen LogP contribution in [0.1, 0.15) is 11.1 Å². The molecule has 1 fully saturated rings. The fourth-order valence-corrected chi connectivity index (χ4v) is 3.38. The lowest BCUT2D eigenvalue weighted by Crippen LogP contribution is -2.23. The number of thioether (sulfide) groups is 1. The number of carbonyl (C=O) groups excluding carboxylic acids is 1. The maximum Gasteiger partial charge on any atom is 0.266 e. The number of hydrogen-bond donors (Lipinski definition) is 0. The van der Waals surface area contributed by atoms with Crippen LogP contribution in [-0.4, -0.2) is 30.1 Å². The van der Waals surface area contributed by atoms with E-state index in [4.69, 9.17) is 4.74 Å². The van der Waals surface area contributed by atoms with Crippen LogP contribution in [0, 0.1) is 18.6 Å². The molecule has 0 bridgehead atoms. The van der Waals surface area contributed by atoms with Gasteiger partial charge in [-0.25, -0.2) is 13.8 Å². The van der Waals surface area contributed by atoms with Gasteiger partial charge in [-0.1, -0.05) is 12.1 Å². The van der Waals surface area contributed by atoms with Gasteiger partial charge in [0.25, 0.3) is 5.91 Å². The highest BCUT2D eigenvalue weighted by Gasteiger charge is 2.30. The Morgan fingerprint density at radius 1 is 1.19 bits per heavy atom. The summed E-state index contributed by atoms with van der Waals surface area (Å²) in [6.07, 6.45) is 1.73. The summed E-state index contributed by atoms with van der Waals surface area (Å²) in [5.74, 6) is -0.968. The van der Waals surface area contributed by atoms with Gasteiger partial charge in [0.15, 0.2) is 11.0 Å². The maximum absolute atomic E-state index is 13.8. The second kappa shape index (κ2) is 7.29. The molecule has 1 aliphatic rings. The first-order chi connectivity index (χ1) is 12.4. The van der Waals surface area contributed by atoms with Crippen molar-refractivity contribution in [2.24, 2.45) is 4.99 Å². The minimum atomic E-state index is -0.778. The van der Waals surface area contributed by atoms with Crippen LogP contribution in [0.25, 0.3) is 6.08 Å². The van der Waals surface area contributed by atoms with E-state index in [2.05, 4.69) is 4.99 Å². The van der Waals surface area contributed by atoms with Crippen LogP contribution in [0.3, 0.4) is 0 Å². The molecule has 4 nitrogen and oxygen atoms in total. The summed E-state index contributed by atoms with van der Waals surface area (Å²) >= 11 is 1.13. The van der Waals surface area contributed by atoms with Crippen molar-refractivity contribution in [2.45, 2.75) is 6.92 Å². The van der Waals surface area contributed by atoms with Crippen molar-refractivity contribution in [1.82, 2.24) is 4.90 Å². The van der Waals surface area contributed by atoms with E-state index in [0.29, 0.717) is 10.1 Å². The number of aryl methyl sites for hydroxylation is 1. The van der Waals surface area contributed by atoms with E-state index in [9.17, 15) is 13.6 Å². The number of carbonyl (C=O) groups is 1. The van der Waals surface area contributed by atoms with Gasteiger partial charge in [-0.3, -0.25) is 9.69 Å². The topological polar surface area (TPSA) is 41.9 Å². The molecule has 7 heteroatoms. The third kappa shape index (κ3) is 3.62. The van der Waals surface area contributed by atoms with Gasteiger partial charge in [-0.05, 0) is 54.1 Å². The zero-order chi connectivity index (χ0) is 18.8. The van der Waals surface area contributed by atoms with Crippen molar-refractivity contribution < 1.29 is 18.3 Å². The summed E-state index contributed by atoms with van der Waals surface area (Å²) in [6.45, 7) is 1.93. The SMILES string of the molecule is COc1cc(/C=C2\SC(=Nc3ccc(F)cc3F)N(C)C2=O)ccc1C. The standard InChI is InChI=1S/C19H16F2N2O2S/c1-11-4-5-12(8-16(11)25-3)9-17-18(24)23(2)19(26-17)22-15-7-6-13(20)10-14(15)21/h4-10H,1-3H3/b17-9-,22-19?. The largest absolute Gasteiger partial charge is 0.496 e. The lowest BCUT2D eigenvalue weighted by Gasteiger charge is -2.07. The Balaban J connectivity index is 1.92. The van der Waals surface area contributed by atoms with Crippen molar-refractivity contribution >= 4 is 34.6 Å². The third-order valence-corrected chi connectivity index (χ3v) is 4.92. The average molecular weight is 374 g/mol. The average Bonchev–Trinajstić information content (AvgIpc) is 2.87. The molecule has 0 aromatic heterocycles.